The zero-order chi connectivity index (χ0) is 13.1. The van der Waals surface area contributed by atoms with Gasteiger partial charge in [0.1, 0.15) is 0 Å². The van der Waals surface area contributed by atoms with Gasteiger partial charge in [-0.05, 0) is 37.3 Å². The van der Waals surface area contributed by atoms with E-state index in [4.69, 9.17) is 0 Å². The second-order valence-corrected chi connectivity index (χ2v) is 5.57. The van der Waals surface area contributed by atoms with E-state index in [9.17, 15) is 5.11 Å². The van der Waals surface area contributed by atoms with Crippen LogP contribution in [0, 0.1) is 5.92 Å². The van der Waals surface area contributed by atoms with Gasteiger partial charge < -0.3 is 10.4 Å². The predicted octanol–water partition coefficient (Wildman–Crippen LogP) is 2.20. The van der Waals surface area contributed by atoms with Crippen LogP contribution in [0.25, 0.3) is 10.9 Å². The minimum Gasteiger partial charge on any atom is -0.393 e. The summed E-state index contributed by atoms with van der Waals surface area (Å²) in [6.45, 7) is 1.84. The van der Waals surface area contributed by atoms with Crippen molar-refractivity contribution in [2.45, 2.75) is 38.3 Å². The number of aliphatic hydroxyl groups is 1. The monoisotopic (exact) mass is 259 g/mol. The van der Waals surface area contributed by atoms with Gasteiger partial charge >= 0.3 is 0 Å². The highest BCUT2D eigenvalue weighted by atomic mass is 16.3. The fourth-order valence-electron chi connectivity index (χ4n) is 3.04. The van der Waals surface area contributed by atoms with Crippen molar-refractivity contribution in [2.75, 3.05) is 6.54 Å². The molecule has 1 aliphatic rings. The molecule has 0 spiro atoms. The van der Waals surface area contributed by atoms with Crippen LogP contribution in [-0.2, 0) is 6.54 Å². The smallest absolute Gasteiger partial charge is 0.0695 e. The van der Waals surface area contributed by atoms with Gasteiger partial charge in [0.25, 0.3) is 0 Å². The highest BCUT2D eigenvalue weighted by Crippen LogP contribution is 2.23. The molecule has 19 heavy (non-hydrogen) atoms. The Balaban J connectivity index is 1.56. The molecule has 1 aromatic carbocycles. The fraction of sp³-hybridized carbons (Fsp3) is 0.533. The van der Waals surface area contributed by atoms with E-state index in [2.05, 4.69) is 33.7 Å². The lowest BCUT2D eigenvalue weighted by atomic mass is 9.87. The first-order valence-electron chi connectivity index (χ1n) is 7.12. The van der Waals surface area contributed by atoms with Crippen LogP contribution in [0.1, 0.15) is 31.2 Å². The van der Waals surface area contributed by atoms with Crippen LogP contribution in [-0.4, -0.2) is 28.0 Å². The molecular formula is C15H21N3O. The van der Waals surface area contributed by atoms with Crippen molar-refractivity contribution in [1.29, 1.82) is 0 Å². The minimum absolute atomic E-state index is 0.0865. The zero-order valence-corrected chi connectivity index (χ0v) is 11.1. The van der Waals surface area contributed by atoms with Crippen LogP contribution in [0.3, 0.4) is 0 Å². The molecule has 1 heterocycles. The molecule has 0 aliphatic heterocycles. The maximum absolute atomic E-state index is 9.67. The van der Waals surface area contributed by atoms with E-state index in [0.29, 0.717) is 5.92 Å². The van der Waals surface area contributed by atoms with Gasteiger partial charge in [0.05, 0.1) is 17.8 Å². The highest BCUT2D eigenvalue weighted by Gasteiger charge is 2.19. The summed E-state index contributed by atoms with van der Waals surface area (Å²) in [5.74, 6) is 0.615. The SMILES string of the molecule is OC1CCCC(CNCc2cccc3cn[nH]c23)C1. The van der Waals surface area contributed by atoms with E-state index < -0.39 is 0 Å². The lowest BCUT2D eigenvalue weighted by Gasteiger charge is -2.26. The number of aromatic nitrogens is 2. The number of fused-ring (bicyclic) bond motifs is 1. The largest absolute Gasteiger partial charge is 0.393 e. The lowest BCUT2D eigenvalue weighted by molar-refractivity contribution is 0.101. The Kier molecular flexibility index (Phi) is 3.80. The average molecular weight is 259 g/mol. The van der Waals surface area contributed by atoms with E-state index in [1.54, 1.807) is 0 Å². The molecular weight excluding hydrogens is 238 g/mol. The van der Waals surface area contributed by atoms with Crippen molar-refractivity contribution in [3.63, 3.8) is 0 Å². The molecule has 0 bridgehead atoms. The summed E-state index contributed by atoms with van der Waals surface area (Å²) in [4.78, 5) is 0. The first-order valence-corrected chi connectivity index (χ1v) is 7.12. The van der Waals surface area contributed by atoms with Gasteiger partial charge in [0, 0.05) is 11.9 Å². The van der Waals surface area contributed by atoms with Crippen molar-refractivity contribution < 1.29 is 5.11 Å². The predicted molar refractivity (Wildman–Crippen MR) is 75.8 cm³/mol. The Bertz CT molecular complexity index is 537. The van der Waals surface area contributed by atoms with Gasteiger partial charge in [-0.2, -0.15) is 5.10 Å². The van der Waals surface area contributed by atoms with E-state index in [1.807, 2.05) is 6.20 Å². The number of nitrogens with one attached hydrogen (secondary N) is 2. The van der Waals surface area contributed by atoms with Crippen molar-refractivity contribution >= 4 is 10.9 Å². The number of aromatic amines is 1. The number of para-hydroxylation sites is 1. The van der Waals surface area contributed by atoms with E-state index in [1.165, 1.54) is 12.0 Å². The second kappa shape index (κ2) is 5.72. The second-order valence-electron chi connectivity index (χ2n) is 5.57. The van der Waals surface area contributed by atoms with Crippen molar-refractivity contribution in [3.8, 4) is 0 Å². The van der Waals surface area contributed by atoms with Gasteiger partial charge in [-0.1, -0.05) is 24.6 Å². The van der Waals surface area contributed by atoms with Crippen molar-refractivity contribution in [2.24, 2.45) is 5.92 Å². The Hall–Kier alpha value is -1.39. The molecule has 4 nitrogen and oxygen atoms in total. The first-order chi connectivity index (χ1) is 9.33. The van der Waals surface area contributed by atoms with Crippen LogP contribution in [0.15, 0.2) is 24.4 Å². The molecule has 0 radical (unpaired) electrons. The third kappa shape index (κ3) is 2.96. The Morgan fingerprint density at radius 1 is 1.37 bits per heavy atom. The number of rotatable bonds is 4. The molecule has 0 saturated heterocycles. The number of aliphatic hydroxyl groups excluding tert-OH is 1. The molecule has 1 saturated carbocycles. The average Bonchev–Trinajstić information content (AvgIpc) is 2.88. The van der Waals surface area contributed by atoms with E-state index in [0.717, 1.165) is 43.3 Å². The van der Waals surface area contributed by atoms with Crippen molar-refractivity contribution in [1.82, 2.24) is 15.5 Å². The molecule has 0 amide bonds. The number of benzene rings is 1. The third-order valence-corrected chi connectivity index (χ3v) is 4.07. The third-order valence-electron chi connectivity index (χ3n) is 4.07. The van der Waals surface area contributed by atoms with Crippen LogP contribution >= 0.6 is 0 Å². The molecule has 3 rings (SSSR count). The lowest BCUT2D eigenvalue weighted by Crippen LogP contribution is -2.28. The first kappa shape index (κ1) is 12.6. The summed E-state index contributed by atoms with van der Waals surface area (Å²) < 4.78 is 0. The summed E-state index contributed by atoms with van der Waals surface area (Å²) in [6.07, 6.45) is 6.08. The molecule has 2 aromatic rings. The Labute approximate surface area is 113 Å². The molecule has 2 unspecified atom stereocenters. The summed E-state index contributed by atoms with van der Waals surface area (Å²) in [5.41, 5.74) is 2.38. The number of H-pyrrole nitrogens is 1. The van der Waals surface area contributed by atoms with Crippen LogP contribution in [0.5, 0.6) is 0 Å². The molecule has 3 N–H and O–H groups in total. The molecule has 102 valence electrons. The molecule has 1 fully saturated rings. The number of nitrogens with zero attached hydrogens (tertiary/aromatic N) is 1. The fourth-order valence-corrected chi connectivity index (χ4v) is 3.04. The Morgan fingerprint density at radius 3 is 3.21 bits per heavy atom. The van der Waals surface area contributed by atoms with Crippen LogP contribution in [0.2, 0.25) is 0 Å². The normalized spacial score (nSPS) is 23.8. The molecule has 2 atom stereocenters. The maximum atomic E-state index is 9.67. The van der Waals surface area contributed by atoms with Crippen LogP contribution < -0.4 is 5.32 Å². The Morgan fingerprint density at radius 2 is 2.32 bits per heavy atom. The molecule has 4 heteroatoms. The number of hydrogen-bond acceptors (Lipinski definition) is 3. The standard InChI is InChI=1S/C15H21N3O/c19-14-6-1-3-11(7-14)8-16-9-12-4-2-5-13-10-17-18-15(12)13/h2,4-5,10-11,14,16,19H,1,3,6-9H2,(H,17,18). The minimum atomic E-state index is -0.0865. The maximum Gasteiger partial charge on any atom is 0.0695 e. The number of hydrogen-bond donors (Lipinski definition) is 3. The van der Waals surface area contributed by atoms with Gasteiger partial charge in [0.15, 0.2) is 0 Å². The van der Waals surface area contributed by atoms with E-state index in [-0.39, 0.29) is 6.10 Å². The summed E-state index contributed by atoms with van der Waals surface area (Å²) in [6, 6.07) is 6.27. The van der Waals surface area contributed by atoms with Gasteiger partial charge in [0.2, 0.25) is 0 Å². The summed E-state index contributed by atoms with van der Waals surface area (Å²) in [5, 5.41) is 21.5. The van der Waals surface area contributed by atoms with Gasteiger partial charge in [-0.15, -0.1) is 0 Å². The highest BCUT2D eigenvalue weighted by molar-refractivity contribution is 5.81. The van der Waals surface area contributed by atoms with Crippen LogP contribution in [0.4, 0.5) is 0 Å². The van der Waals surface area contributed by atoms with Gasteiger partial charge in [-0.3, -0.25) is 5.10 Å². The summed E-state index contributed by atoms with van der Waals surface area (Å²) >= 11 is 0. The zero-order valence-electron chi connectivity index (χ0n) is 11.1. The van der Waals surface area contributed by atoms with Gasteiger partial charge in [-0.25, -0.2) is 0 Å². The topological polar surface area (TPSA) is 60.9 Å². The quantitative estimate of drug-likeness (QED) is 0.789. The van der Waals surface area contributed by atoms with E-state index >= 15 is 0 Å². The van der Waals surface area contributed by atoms with Crippen molar-refractivity contribution in [3.05, 3.63) is 30.0 Å². The summed E-state index contributed by atoms with van der Waals surface area (Å²) in [7, 11) is 0. The molecule has 1 aliphatic carbocycles. The molecule has 1 aromatic heterocycles.